The Morgan fingerprint density at radius 2 is 2.10 bits per heavy atom. The first-order valence-electron chi connectivity index (χ1n) is 6.72. The molecule has 21 heavy (non-hydrogen) atoms. The van der Waals surface area contributed by atoms with Crippen LogP contribution in [0.4, 0.5) is 0 Å². The number of hydrazine groups is 1. The SMILES string of the molecule is CCCn1cc(S(=O)(=O)NN2CCOCC2)cc1C(=O)O. The van der Waals surface area contributed by atoms with Gasteiger partial charge in [0.25, 0.3) is 10.0 Å². The molecule has 8 nitrogen and oxygen atoms in total. The maximum absolute atomic E-state index is 12.3. The van der Waals surface area contributed by atoms with Crippen LogP contribution in [0.2, 0.25) is 0 Å². The van der Waals surface area contributed by atoms with Crippen molar-refractivity contribution in [2.45, 2.75) is 24.8 Å². The maximum Gasteiger partial charge on any atom is 0.352 e. The molecule has 1 aliphatic heterocycles. The Morgan fingerprint density at radius 1 is 1.43 bits per heavy atom. The van der Waals surface area contributed by atoms with Crippen molar-refractivity contribution < 1.29 is 23.1 Å². The second-order valence-electron chi connectivity index (χ2n) is 4.75. The highest BCUT2D eigenvalue weighted by Crippen LogP contribution is 2.16. The number of carboxylic acid groups (broad SMARTS) is 1. The van der Waals surface area contributed by atoms with Gasteiger partial charge in [-0.2, -0.15) is 0 Å². The van der Waals surface area contributed by atoms with Gasteiger partial charge >= 0.3 is 5.97 Å². The lowest BCUT2D eigenvalue weighted by molar-refractivity contribution is 0.0272. The molecule has 1 aliphatic rings. The summed E-state index contributed by atoms with van der Waals surface area (Å²) in [6.07, 6.45) is 2.07. The standard InChI is InChI=1S/C12H19N3O5S/c1-2-3-14-9-10(8-11(14)12(16)17)21(18,19)13-15-4-6-20-7-5-15/h8-9,13H,2-7H2,1H3,(H,16,17). The number of carbonyl (C=O) groups is 1. The van der Waals surface area contributed by atoms with Crippen LogP contribution < -0.4 is 4.83 Å². The average molecular weight is 317 g/mol. The zero-order valence-corrected chi connectivity index (χ0v) is 12.6. The summed E-state index contributed by atoms with van der Waals surface area (Å²) in [7, 11) is -3.78. The van der Waals surface area contributed by atoms with Crippen molar-refractivity contribution in [2.24, 2.45) is 0 Å². The summed E-state index contributed by atoms with van der Waals surface area (Å²) in [6.45, 7) is 4.18. The van der Waals surface area contributed by atoms with Crippen LogP contribution >= 0.6 is 0 Å². The van der Waals surface area contributed by atoms with E-state index in [4.69, 9.17) is 9.84 Å². The van der Waals surface area contributed by atoms with Gasteiger partial charge < -0.3 is 14.4 Å². The Hall–Kier alpha value is -1.42. The van der Waals surface area contributed by atoms with E-state index in [0.717, 1.165) is 0 Å². The fourth-order valence-corrected chi connectivity index (χ4v) is 3.27. The largest absolute Gasteiger partial charge is 0.477 e. The molecular weight excluding hydrogens is 298 g/mol. The van der Waals surface area contributed by atoms with Gasteiger partial charge in [-0.05, 0) is 12.5 Å². The Bertz CT molecular complexity index is 604. The third-order valence-electron chi connectivity index (χ3n) is 3.13. The molecule has 1 fully saturated rings. The predicted octanol–water partition coefficient (Wildman–Crippen LogP) is 0.122. The Kier molecular flexibility index (Phi) is 4.99. The number of carboxylic acids is 1. The minimum absolute atomic E-state index is 0.0285. The lowest BCUT2D eigenvalue weighted by Crippen LogP contribution is -2.48. The number of hydrogen-bond donors (Lipinski definition) is 2. The summed E-state index contributed by atoms with van der Waals surface area (Å²) < 4.78 is 31.2. The number of morpholine rings is 1. The van der Waals surface area contributed by atoms with Crippen molar-refractivity contribution in [1.82, 2.24) is 14.4 Å². The number of hydrogen-bond acceptors (Lipinski definition) is 5. The van der Waals surface area contributed by atoms with E-state index < -0.39 is 16.0 Å². The van der Waals surface area contributed by atoms with Gasteiger partial charge in [0.2, 0.25) is 0 Å². The van der Waals surface area contributed by atoms with Gasteiger partial charge in [-0.25, -0.2) is 18.2 Å². The second-order valence-corrected chi connectivity index (χ2v) is 6.41. The van der Waals surface area contributed by atoms with E-state index in [9.17, 15) is 13.2 Å². The molecule has 2 N–H and O–H groups in total. The molecule has 2 rings (SSSR count). The van der Waals surface area contributed by atoms with Crippen LogP contribution in [0.15, 0.2) is 17.2 Å². The highest BCUT2D eigenvalue weighted by Gasteiger charge is 2.24. The molecule has 0 amide bonds. The quantitative estimate of drug-likeness (QED) is 0.773. The van der Waals surface area contributed by atoms with Gasteiger partial charge in [0.15, 0.2) is 0 Å². The van der Waals surface area contributed by atoms with E-state index in [1.165, 1.54) is 16.8 Å². The zero-order valence-electron chi connectivity index (χ0n) is 11.8. The van der Waals surface area contributed by atoms with Gasteiger partial charge in [-0.1, -0.05) is 6.92 Å². The molecule has 1 aromatic heterocycles. The number of aromatic carboxylic acids is 1. The lowest BCUT2D eigenvalue weighted by atomic mass is 10.4. The van der Waals surface area contributed by atoms with E-state index in [1.807, 2.05) is 6.92 Å². The van der Waals surface area contributed by atoms with Crippen molar-refractivity contribution in [3.63, 3.8) is 0 Å². The smallest absolute Gasteiger partial charge is 0.352 e. The van der Waals surface area contributed by atoms with Crippen LogP contribution in [0.1, 0.15) is 23.8 Å². The number of aromatic nitrogens is 1. The van der Waals surface area contributed by atoms with Crippen LogP contribution in [0.25, 0.3) is 0 Å². The maximum atomic E-state index is 12.3. The summed E-state index contributed by atoms with van der Waals surface area (Å²) in [5.41, 5.74) is -0.0285. The minimum Gasteiger partial charge on any atom is -0.477 e. The molecule has 0 atom stereocenters. The van der Waals surface area contributed by atoms with Crippen LogP contribution in [0.3, 0.4) is 0 Å². The number of nitrogens with one attached hydrogen (secondary N) is 1. The van der Waals surface area contributed by atoms with Gasteiger partial charge in [-0.15, -0.1) is 4.83 Å². The third kappa shape index (κ3) is 3.82. The van der Waals surface area contributed by atoms with E-state index >= 15 is 0 Å². The number of nitrogens with zero attached hydrogens (tertiary/aromatic N) is 2. The topological polar surface area (TPSA) is 101 Å². The summed E-state index contributed by atoms with van der Waals surface area (Å²) in [6, 6.07) is 1.18. The van der Waals surface area contributed by atoms with Crippen LogP contribution in [-0.2, 0) is 21.3 Å². The number of rotatable bonds is 6. The van der Waals surface area contributed by atoms with Crippen LogP contribution in [-0.4, -0.2) is 55.4 Å². The Balaban J connectivity index is 2.22. The van der Waals surface area contributed by atoms with E-state index in [-0.39, 0.29) is 10.6 Å². The molecule has 1 saturated heterocycles. The summed E-state index contributed by atoms with van der Waals surface area (Å²) in [5.74, 6) is -1.14. The second kappa shape index (κ2) is 6.56. The van der Waals surface area contributed by atoms with E-state index in [2.05, 4.69) is 4.83 Å². The van der Waals surface area contributed by atoms with Crippen molar-refractivity contribution in [2.75, 3.05) is 26.3 Å². The fourth-order valence-electron chi connectivity index (χ4n) is 2.11. The van der Waals surface area contributed by atoms with Crippen LogP contribution in [0, 0.1) is 0 Å². The first-order chi connectivity index (χ1) is 9.94. The molecule has 0 bridgehead atoms. The predicted molar refractivity (Wildman–Crippen MR) is 74.4 cm³/mol. The molecule has 0 radical (unpaired) electrons. The van der Waals surface area contributed by atoms with Crippen molar-refractivity contribution in [3.05, 3.63) is 18.0 Å². The van der Waals surface area contributed by atoms with Gasteiger partial charge in [0.05, 0.1) is 13.2 Å². The molecule has 0 spiro atoms. The average Bonchev–Trinajstić information content (AvgIpc) is 2.85. The Morgan fingerprint density at radius 3 is 2.67 bits per heavy atom. The fraction of sp³-hybridized carbons (Fsp3) is 0.583. The highest BCUT2D eigenvalue weighted by atomic mass is 32.2. The number of aryl methyl sites for hydroxylation is 1. The van der Waals surface area contributed by atoms with Gasteiger partial charge in [0, 0.05) is 25.8 Å². The molecule has 0 unspecified atom stereocenters. The molecule has 2 heterocycles. The van der Waals surface area contributed by atoms with Crippen molar-refractivity contribution in [1.29, 1.82) is 0 Å². The van der Waals surface area contributed by atoms with Gasteiger partial charge in [-0.3, -0.25) is 0 Å². The molecule has 9 heteroatoms. The third-order valence-corrected chi connectivity index (χ3v) is 4.47. The summed E-state index contributed by atoms with van der Waals surface area (Å²) in [5, 5.41) is 10.7. The molecule has 1 aromatic rings. The first kappa shape index (κ1) is 16.0. The Labute approximate surface area is 123 Å². The number of sulfonamides is 1. The molecule has 0 saturated carbocycles. The zero-order chi connectivity index (χ0) is 15.5. The first-order valence-corrected chi connectivity index (χ1v) is 8.21. The van der Waals surface area contributed by atoms with Crippen molar-refractivity contribution >= 4 is 16.0 Å². The number of ether oxygens (including phenoxy) is 1. The molecule has 118 valence electrons. The van der Waals surface area contributed by atoms with Gasteiger partial charge in [0.1, 0.15) is 10.6 Å². The highest BCUT2D eigenvalue weighted by molar-refractivity contribution is 7.89. The monoisotopic (exact) mass is 317 g/mol. The molecule has 0 aliphatic carbocycles. The minimum atomic E-state index is -3.78. The van der Waals surface area contributed by atoms with Crippen molar-refractivity contribution in [3.8, 4) is 0 Å². The van der Waals surface area contributed by atoms with E-state index in [1.54, 1.807) is 5.01 Å². The summed E-state index contributed by atoms with van der Waals surface area (Å²) >= 11 is 0. The van der Waals surface area contributed by atoms with E-state index in [0.29, 0.717) is 39.3 Å². The molecule has 0 aromatic carbocycles. The normalized spacial score (nSPS) is 17.0. The van der Waals surface area contributed by atoms with Crippen LogP contribution in [0.5, 0.6) is 0 Å². The molecular formula is C12H19N3O5S. The lowest BCUT2D eigenvalue weighted by Gasteiger charge is -2.26. The summed E-state index contributed by atoms with van der Waals surface area (Å²) in [4.78, 5) is 13.6.